The molecule has 2 N–H and O–H groups in total. The number of hydrogen-bond acceptors (Lipinski definition) is 5. The van der Waals surface area contributed by atoms with E-state index in [0.29, 0.717) is 23.9 Å². The summed E-state index contributed by atoms with van der Waals surface area (Å²) in [5.74, 6) is 0.394. The summed E-state index contributed by atoms with van der Waals surface area (Å²) in [6.45, 7) is 0.498. The number of carbonyl (C=O) groups excluding carboxylic acids is 1. The fraction of sp³-hybridized carbons (Fsp3) is 0.176. The van der Waals surface area contributed by atoms with Crippen molar-refractivity contribution < 1.29 is 4.79 Å². The summed E-state index contributed by atoms with van der Waals surface area (Å²) in [5, 5.41) is 9.64. The predicted octanol–water partition coefficient (Wildman–Crippen LogP) is 2.70. The van der Waals surface area contributed by atoms with Gasteiger partial charge in [-0.05, 0) is 40.0 Å². The number of H-pyrrole nitrogens is 1. The van der Waals surface area contributed by atoms with E-state index in [4.69, 9.17) is 0 Å². The smallest absolute Gasteiger partial charge is 0.310 e. The number of rotatable bonds is 7. The van der Waals surface area contributed by atoms with E-state index in [0.717, 1.165) is 10.0 Å². The first-order chi connectivity index (χ1) is 12.6. The molecule has 9 heteroatoms. The van der Waals surface area contributed by atoms with Crippen LogP contribution in [0.5, 0.6) is 0 Å². The van der Waals surface area contributed by atoms with Crippen LogP contribution in [0.25, 0.3) is 0 Å². The molecule has 7 nitrogen and oxygen atoms in total. The molecule has 0 aliphatic heterocycles. The summed E-state index contributed by atoms with van der Waals surface area (Å²) < 4.78 is 2.38. The molecule has 0 aliphatic carbocycles. The van der Waals surface area contributed by atoms with Gasteiger partial charge in [0.05, 0.1) is 5.75 Å². The molecule has 3 rings (SSSR count). The second-order valence-electron chi connectivity index (χ2n) is 5.40. The fourth-order valence-electron chi connectivity index (χ4n) is 2.25. The molecule has 0 aliphatic rings. The number of halogens is 1. The van der Waals surface area contributed by atoms with Crippen LogP contribution < -0.4 is 11.0 Å². The van der Waals surface area contributed by atoms with Gasteiger partial charge in [-0.1, -0.05) is 42.1 Å². The van der Waals surface area contributed by atoms with Crippen LogP contribution in [0.2, 0.25) is 0 Å². The van der Waals surface area contributed by atoms with E-state index in [9.17, 15) is 9.59 Å². The summed E-state index contributed by atoms with van der Waals surface area (Å²) in [6, 6.07) is 13.4. The molecule has 0 atom stereocenters. The van der Waals surface area contributed by atoms with Crippen LogP contribution in [0.3, 0.4) is 0 Å². The Bertz CT molecular complexity index is 924. The quantitative estimate of drug-likeness (QED) is 0.558. The van der Waals surface area contributed by atoms with Crippen LogP contribution >= 0.6 is 27.7 Å². The zero-order chi connectivity index (χ0) is 18.4. The summed E-state index contributed by atoms with van der Waals surface area (Å²) in [7, 11) is 0. The molecule has 134 valence electrons. The van der Waals surface area contributed by atoms with Gasteiger partial charge in [-0.15, -0.1) is 5.10 Å². The average molecular weight is 434 g/mol. The van der Waals surface area contributed by atoms with Crippen molar-refractivity contribution in [2.24, 2.45) is 0 Å². The van der Waals surface area contributed by atoms with Gasteiger partial charge in [-0.25, -0.2) is 14.9 Å². The molecule has 0 spiro atoms. The number of hydrogen-bond donors (Lipinski definition) is 2. The highest BCUT2D eigenvalue weighted by Crippen LogP contribution is 2.15. The van der Waals surface area contributed by atoms with Gasteiger partial charge < -0.3 is 5.32 Å². The molecule has 2 aromatic heterocycles. The van der Waals surface area contributed by atoms with Crippen molar-refractivity contribution in [3.8, 4) is 0 Å². The third-order valence-electron chi connectivity index (χ3n) is 3.52. The zero-order valence-electron chi connectivity index (χ0n) is 13.7. The van der Waals surface area contributed by atoms with E-state index in [-0.39, 0.29) is 17.3 Å². The number of carbonyl (C=O) groups is 1. The van der Waals surface area contributed by atoms with Gasteiger partial charge >= 0.3 is 5.69 Å². The minimum atomic E-state index is -0.279. The van der Waals surface area contributed by atoms with Crippen LogP contribution in [0, 0.1) is 0 Å². The van der Waals surface area contributed by atoms with Crippen molar-refractivity contribution in [1.29, 1.82) is 0 Å². The Hall–Kier alpha value is -2.39. The lowest BCUT2D eigenvalue weighted by Crippen LogP contribution is -2.20. The number of amides is 1. The van der Waals surface area contributed by atoms with Gasteiger partial charge in [0.2, 0.25) is 5.91 Å². The molecule has 0 fully saturated rings. The number of benzene rings is 1. The van der Waals surface area contributed by atoms with E-state index >= 15 is 0 Å². The number of nitrogens with zero attached hydrogens (tertiary/aromatic N) is 3. The van der Waals surface area contributed by atoms with Crippen molar-refractivity contribution in [2.45, 2.75) is 18.1 Å². The molecule has 0 radical (unpaired) electrons. The first-order valence-electron chi connectivity index (χ1n) is 7.85. The van der Waals surface area contributed by atoms with E-state index in [1.54, 1.807) is 22.9 Å². The third-order valence-corrected chi connectivity index (χ3v) is 4.96. The second-order valence-corrected chi connectivity index (χ2v) is 7.26. The molecular weight excluding hydrogens is 418 g/mol. The predicted molar refractivity (Wildman–Crippen MR) is 104 cm³/mol. The average Bonchev–Trinajstić information content (AvgIpc) is 3.01. The fourth-order valence-corrected chi connectivity index (χ4v) is 3.26. The zero-order valence-corrected chi connectivity index (χ0v) is 16.1. The monoisotopic (exact) mass is 433 g/mol. The number of aromatic amines is 1. The van der Waals surface area contributed by atoms with Crippen LogP contribution in [0.4, 0.5) is 5.82 Å². The number of nitrogens with one attached hydrogen (secondary N) is 2. The van der Waals surface area contributed by atoms with Gasteiger partial charge in [-0.2, -0.15) is 0 Å². The highest BCUT2D eigenvalue weighted by molar-refractivity contribution is 9.10. The number of anilines is 1. The van der Waals surface area contributed by atoms with E-state index in [1.807, 2.05) is 30.3 Å². The van der Waals surface area contributed by atoms with Crippen LogP contribution in [0.1, 0.15) is 5.56 Å². The first-order valence-corrected chi connectivity index (χ1v) is 9.63. The Balaban J connectivity index is 1.57. The molecule has 0 unspecified atom stereocenters. The van der Waals surface area contributed by atoms with E-state index in [1.165, 1.54) is 11.8 Å². The molecule has 1 aromatic carbocycles. The minimum absolute atomic E-state index is 0.132. The Labute approximate surface area is 162 Å². The Kier molecular flexibility index (Phi) is 6.24. The molecule has 0 saturated heterocycles. The van der Waals surface area contributed by atoms with Crippen molar-refractivity contribution in [3.05, 3.63) is 69.2 Å². The SMILES string of the molecule is O=C(CSc1n[nH]c(=O)n1CCc1ccccc1)Nc1ccc(Br)cn1. The molecule has 0 bridgehead atoms. The largest absolute Gasteiger partial charge is 0.343 e. The lowest BCUT2D eigenvalue weighted by molar-refractivity contribution is -0.113. The lowest BCUT2D eigenvalue weighted by Gasteiger charge is -2.06. The minimum Gasteiger partial charge on any atom is -0.310 e. The van der Waals surface area contributed by atoms with Gasteiger partial charge in [0, 0.05) is 17.2 Å². The van der Waals surface area contributed by atoms with Crippen molar-refractivity contribution >= 4 is 39.4 Å². The normalized spacial score (nSPS) is 10.7. The molecule has 3 aromatic rings. The summed E-state index contributed by atoms with van der Waals surface area (Å²) >= 11 is 4.50. The van der Waals surface area contributed by atoms with Gasteiger partial charge in [0.1, 0.15) is 5.82 Å². The van der Waals surface area contributed by atoms with Crippen LogP contribution in [-0.4, -0.2) is 31.4 Å². The maximum Gasteiger partial charge on any atom is 0.343 e. The highest BCUT2D eigenvalue weighted by Gasteiger charge is 2.12. The number of pyridine rings is 1. The Morgan fingerprint density at radius 3 is 2.77 bits per heavy atom. The Morgan fingerprint density at radius 1 is 1.23 bits per heavy atom. The van der Waals surface area contributed by atoms with Gasteiger partial charge in [0.15, 0.2) is 5.16 Å². The molecule has 1 amide bonds. The van der Waals surface area contributed by atoms with Crippen LogP contribution in [0.15, 0.2) is 63.1 Å². The maximum atomic E-state index is 12.1. The first kappa shape index (κ1) is 18.4. The highest BCUT2D eigenvalue weighted by atomic mass is 79.9. The lowest BCUT2D eigenvalue weighted by atomic mass is 10.1. The molecular formula is C17H16BrN5O2S. The maximum absolute atomic E-state index is 12.1. The summed E-state index contributed by atoms with van der Waals surface area (Å²) in [6.07, 6.45) is 2.32. The number of thioether (sulfide) groups is 1. The number of aromatic nitrogens is 4. The van der Waals surface area contributed by atoms with E-state index < -0.39 is 0 Å². The van der Waals surface area contributed by atoms with Gasteiger partial charge in [-0.3, -0.25) is 9.36 Å². The molecule has 26 heavy (non-hydrogen) atoms. The van der Waals surface area contributed by atoms with Gasteiger partial charge in [0.25, 0.3) is 0 Å². The van der Waals surface area contributed by atoms with E-state index in [2.05, 4.69) is 36.4 Å². The van der Waals surface area contributed by atoms with Crippen molar-refractivity contribution in [1.82, 2.24) is 19.7 Å². The van der Waals surface area contributed by atoms with Crippen LogP contribution in [-0.2, 0) is 17.8 Å². The number of aryl methyl sites for hydroxylation is 1. The summed E-state index contributed by atoms with van der Waals surface area (Å²) in [5.41, 5.74) is 0.856. The third kappa shape index (κ3) is 5.06. The van der Waals surface area contributed by atoms with Crippen molar-refractivity contribution in [2.75, 3.05) is 11.1 Å². The standard InChI is InChI=1S/C17H16BrN5O2S/c18-13-6-7-14(19-10-13)20-15(24)11-26-17-22-21-16(25)23(17)9-8-12-4-2-1-3-5-12/h1-7,10H,8-9,11H2,(H,21,25)(H,19,20,24). The Morgan fingerprint density at radius 2 is 2.04 bits per heavy atom. The van der Waals surface area contributed by atoms with Crippen molar-refractivity contribution in [3.63, 3.8) is 0 Å². The summed E-state index contributed by atoms with van der Waals surface area (Å²) in [4.78, 5) is 28.1. The molecule has 0 saturated carbocycles. The second kappa shape index (κ2) is 8.81. The topological polar surface area (TPSA) is 92.7 Å². The molecule has 2 heterocycles.